The van der Waals surface area contributed by atoms with E-state index < -0.39 is 10.2 Å². The standard InChI is InChI=1S/C14H27N3O2S2/c18-21(19,16-7-2-9-20-10-8-16)17-6-1-3-13(12-17)11-15-14-4-5-14/h13-15H,1-12H2. The molecule has 2 saturated heterocycles. The van der Waals surface area contributed by atoms with E-state index in [0.717, 1.165) is 37.3 Å². The van der Waals surface area contributed by atoms with Crippen molar-refractivity contribution in [3.05, 3.63) is 0 Å². The zero-order valence-corrected chi connectivity index (χ0v) is 14.3. The smallest absolute Gasteiger partial charge is 0.282 e. The summed E-state index contributed by atoms with van der Waals surface area (Å²) in [7, 11) is -3.24. The molecular formula is C14H27N3O2S2. The van der Waals surface area contributed by atoms with Crippen LogP contribution in [0.2, 0.25) is 0 Å². The Kier molecular flexibility index (Phi) is 5.48. The van der Waals surface area contributed by atoms with Crippen LogP contribution in [0.3, 0.4) is 0 Å². The van der Waals surface area contributed by atoms with Gasteiger partial charge in [0.1, 0.15) is 0 Å². The van der Waals surface area contributed by atoms with Crippen LogP contribution in [-0.4, -0.2) is 67.3 Å². The minimum absolute atomic E-state index is 0.482. The number of nitrogens with zero attached hydrogens (tertiary/aromatic N) is 2. The summed E-state index contributed by atoms with van der Waals surface area (Å²) >= 11 is 1.87. The zero-order valence-electron chi connectivity index (χ0n) is 12.7. The van der Waals surface area contributed by atoms with Gasteiger partial charge in [0.2, 0.25) is 0 Å². The molecule has 1 unspecified atom stereocenters. The molecule has 21 heavy (non-hydrogen) atoms. The van der Waals surface area contributed by atoms with Crippen molar-refractivity contribution in [3.63, 3.8) is 0 Å². The second-order valence-corrected chi connectivity index (χ2v) is 9.57. The molecule has 122 valence electrons. The first-order chi connectivity index (χ1) is 10.2. The molecule has 2 heterocycles. The summed E-state index contributed by atoms with van der Waals surface area (Å²) in [4.78, 5) is 0. The maximum absolute atomic E-state index is 12.8. The predicted molar refractivity (Wildman–Crippen MR) is 87.8 cm³/mol. The summed E-state index contributed by atoms with van der Waals surface area (Å²) in [6.07, 6.45) is 5.71. The van der Waals surface area contributed by atoms with Gasteiger partial charge in [0.15, 0.2) is 0 Å². The monoisotopic (exact) mass is 333 g/mol. The zero-order chi connectivity index (χ0) is 14.7. The van der Waals surface area contributed by atoms with Crippen LogP contribution in [0.5, 0.6) is 0 Å². The maximum atomic E-state index is 12.8. The van der Waals surface area contributed by atoms with Gasteiger partial charge < -0.3 is 5.32 Å². The lowest BCUT2D eigenvalue weighted by atomic mass is 10.00. The van der Waals surface area contributed by atoms with E-state index in [1.165, 1.54) is 12.8 Å². The lowest BCUT2D eigenvalue weighted by molar-refractivity contribution is 0.243. The molecule has 7 heteroatoms. The van der Waals surface area contributed by atoms with Gasteiger partial charge in [0, 0.05) is 38.0 Å². The summed E-state index contributed by atoms with van der Waals surface area (Å²) in [6.45, 7) is 3.75. The highest BCUT2D eigenvalue weighted by Gasteiger charge is 2.34. The Morgan fingerprint density at radius 2 is 1.81 bits per heavy atom. The van der Waals surface area contributed by atoms with Gasteiger partial charge in [0.05, 0.1) is 0 Å². The average Bonchev–Trinajstić information content (AvgIpc) is 3.32. The Morgan fingerprint density at radius 1 is 1.00 bits per heavy atom. The molecule has 3 aliphatic rings. The van der Waals surface area contributed by atoms with Gasteiger partial charge in [0.25, 0.3) is 10.2 Å². The molecule has 0 aromatic carbocycles. The Bertz CT molecular complexity index is 432. The minimum atomic E-state index is -3.24. The maximum Gasteiger partial charge on any atom is 0.282 e. The van der Waals surface area contributed by atoms with E-state index in [-0.39, 0.29) is 0 Å². The molecule has 0 aromatic rings. The van der Waals surface area contributed by atoms with Crippen LogP contribution >= 0.6 is 11.8 Å². The highest BCUT2D eigenvalue weighted by molar-refractivity contribution is 7.99. The lowest BCUT2D eigenvalue weighted by Gasteiger charge is -2.35. The van der Waals surface area contributed by atoms with Crippen molar-refractivity contribution >= 4 is 22.0 Å². The Morgan fingerprint density at radius 3 is 2.62 bits per heavy atom. The highest BCUT2D eigenvalue weighted by atomic mass is 32.2. The van der Waals surface area contributed by atoms with E-state index in [1.807, 2.05) is 11.8 Å². The van der Waals surface area contributed by atoms with Crippen molar-refractivity contribution in [2.45, 2.75) is 38.1 Å². The molecular weight excluding hydrogens is 306 g/mol. The number of thioether (sulfide) groups is 1. The molecule has 3 rings (SSSR count). The summed E-state index contributed by atoms with van der Waals surface area (Å²) < 4.78 is 29.1. The van der Waals surface area contributed by atoms with Crippen LogP contribution in [0.4, 0.5) is 0 Å². The number of hydrogen-bond donors (Lipinski definition) is 1. The highest BCUT2D eigenvalue weighted by Crippen LogP contribution is 2.24. The fourth-order valence-corrected chi connectivity index (χ4v) is 5.91. The van der Waals surface area contributed by atoms with Crippen molar-refractivity contribution in [2.75, 3.05) is 44.2 Å². The predicted octanol–water partition coefficient (Wildman–Crippen LogP) is 1.13. The van der Waals surface area contributed by atoms with E-state index in [1.54, 1.807) is 8.61 Å². The Hall–Kier alpha value is 0.180. The van der Waals surface area contributed by atoms with E-state index in [9.17, 15) is 8.42 Å². The quantitative estimate of drug-likeness (QED) is 0.820. The minimum Gasteiger partial charge on any atom is -0.314 e. The SMILES string of the molecule is O=S(=O)(N1CCCSCC1)N1CCCC(CNC2CC2)C1. The van der Waals surface area contributed by atoms with Crippen molar-refractivity contribution in [2.24, 2.45) is 5.92 Å². The van der Waals surface area contributed by atoms with Crippen molar-refractivity contribution < 1.29 is 8.42 Å². The van der Waals surface area contributed by atoms with Gasteiger partial charge in [-0.05, 0) is 50.3 Å². The first-order valence-corrected chi connectivity index (χ1v) is 10.8. The lowest BCUT2D eigenvalue weighted by Crippen LogP contribution is -2.49. The van der Waals surface area contributed by atoms with Crippen LogP contribution in [0, 0.1) is 5.92 Å². The second kappa shape index (κ2) is 7.17. The van der Waals surface area contributed by atoms with E-state index in [0.29, 0.717) is 38.1 Å². The van der Waals surface area contributed by atoms with Gasteiger partial charge in [-0.3, -0.25) is 0 Å². The summed E-state index contributed by atoms with van der Waals surface area (Å²) in [5.41, 5.74) is 0. The van der Waals surface area contributed by atoms with Crippen LogP contribution in [0.1, 0.15) is 32.1 Å². The molecule has 0 amide bonds. The van der Waals surface area contributed by atoms with Gasteiger partial charge >= 0.3 is 0 Å². The molecule has 1 aliphatic carbocycles. The van der Waals surface area contributed by atoms with Crippen LogP contribution in [0.25, 0.3) is 0 Å². The number of hydrogen-bond acceptors (Lipinski definition) is 4. The van der Waals surface area contributed by atoms with Crippen molar-refractivity contribution in [1.82, 2.24) is 13.9 Å². The topological polar surface area (TPSA) is 52.7 Å². The van der Waals surface area contributed by atoms with E-state index in [2.05, 4.69) is 5.32 Å². The molecule has 1 saturated carbocycles. The fourth-order valence-electron chi connectivity index (χ4n) is 3.14. The molecule has 1 N–H and O–H groups in total. The van der Waals surface area contributed by atoms with Gasteiger partial charge in [-0.15, -0.1) is 0 Å². The largest absolute Gasteiger partial charge is 0.314 e. The summed E-state index contributed by atoms with van der Waals surface area (Å²) in [5, 5.41) is 3.55. The molecule has 0 spiro atoms. The first kappa shape index (κ1) is 16.1. The molecule has 2 aliphatic heterocycles. The van der Waals surface area contributed by atoms with Gasteiger partial charge in [-0.1, -0.05) is 0 Å². The molecule has 5 nitrogen and oxygen atoms in total. The normalized spacial score (nSPS) is 30.2. The summed E-state index contributed by atoms with van der Waals surface area (Å²) in [6, 6.07) is 0.708. The number of rotatable bonds is 5. The third-order valence-electron chi connectivity index (χ3n) is 4.59. The molecule has 3 fully saturated rings. The molecule has 0 radical (unpaired) electrons. The second-order valence-electron chi connectivity index (χ2n) is 6.42. The van der Waals surface area contributed by atoms with Gasteiger partial charge in [-0.2, -0.15) is 28.8 Å². The molecule has 0 aromatic heterocycles. The number of nitrogens with one attached hydrogen (secondary N) is 1. The Balaban J connectivity index is 1.57. The third kappa shape index (κ3) is 4.34. The summed E-state index contributed by atoms with van der Waals surface area (Å²) in [5.74, 6) is 2.50. The van der Waals surface area contributed by atoms with Crippen LogP contribution < -0.4 is 5.32 Å². The molecule has 0 bridgehead atoms. The third-order valence-corrected chi connectivity index (χ3v) is 7.64. The van der Waals surface area contributed by atoms with E-state index in [4.69, 9.17) is 0 Å². The molecule has 1 atom stereocenters. The first-order valence-electron chi connectivity index (χ1n) is 8.22. The number of piperidine rings is 1. The van der Waals surface area contributed by atoms with Gasteiger partial charge in [-0.25, -0.2) is 0 Å². The van der Waals surface area contributed by atoms with E-state index >= 15 is 0 Å². The average molecular weight is 334 g/mol. The Labute approximate surface area is 133 Å². The van der Waals surface area contributed by atoms with Crippen LogP contribution in [-0.2, 0) is 10.2 Å². The van der Waals surface area contributed by atoms with Crippen LogP contribution in [0.15, 0.2) is 0 Å². The fraction of sp³-hybridized carbons (Fsp3) is 1.00. The van der Waals surface area contributed by atoms with Crippen molar-refractivity contribution in [1.29, 1.82) is 0 Å². The van der Waals surface area contributed by atoms with Crippen molar-refractivity contribution in [3.8, 4) is 0 Å².